The van der Waals surface area contributed by atoms with E-state index in [2.05, 4.69) is 16.3 Å². The molecule has 0 spiro atoms. The number of ether oxygens (including phenoxy) is 1. The number of amides is 1. The van der Waals surface area contributed by atoms with Crippen LogP contribution in [0.15, 0.2) is 0 Å². The summed E-state index contributed by atoms with van der Waals surface area (Å²) in [6.45, 7) is 2.85. The molecule has 1 atom stereocenters. The predicted molar refractivity (Wildman–Crippen MR) is 69.2 cm³/mol. The largest absolute Gasteiger partial charge is 0.378 e. The number of nitrogens with zero attached hydrogens (tertiary/aromatic N) is 2. The van der Waals surface area contributed by atoms with Crippen LogP contribution in [0.1, 0.15) is 32.1 Å². The molecule has 2 saturated carbocycles. The number of carbonyl (C=O) groups is 1. The number of morpholine rings is 1. The second-order valence-electron chi connectivity index (χ2n) is 6.18. The third-order valence-corrected chi connectivity index (χ3v) is 4.42. The maximum Gasteiger partial charge on any atom is 0.239 e. The average molecular weight is 263 g/mol. The van der Waals surface area contributed by atoms with Crippen molar-refractivity contribution in [3.63, 3.8) is 0 Å². The number of nitrogens with one attached hydrogen (secondary N) is 1. The van der Waals surface area contributed by atoms with Crippen LogP contribution in [0, 0.1) is 16.7 Å². The van der Waals surface area contributed by atoms with E-state index in [1.807, 2.05) is 0 Å². The Kier molecular flexibility index (Phi) is 3.46. The molecule has 0 aromatic carbocycles. The summed E-state index contributed by atoms with van der Waals surface area (Å²) < 4.78 is 5.46. The Morgan fingerprint density at radius 1 is 1.47 bits per heavy atom. The van der Waals surface area contributed by atoms with Gasteiger partial charge in [-0.3, -0.25) is 9.69 Å². The minimum Gasteiger partial charge on any atom is -0.378 e. The van der Waals surface area contributed by atoms with Gasteiger partial charge in [0.25, 0.3) is 0 Å². The summed E-state index contributed by atoms with van der Waals surface area (Å²) in [6.07, 6.45) is 5.07. The summed E-state index contributed by atoms with van der Waals surface area (Å²) in [5.74, 6) is 0.106. The molecule has 3 aliphatic rings. The van der Waals surface area contributed by atoms with Gasteiger partial charge >= 0.3 is 0 Å². The minimum atomic E-state index is -0.162. The number of nitriles is 1. The molecule has 1 saturated heterocycles. The molecule has 1 unspecified atom stereocenters. The smallest absolute Gasteiger partial charge is 0.239 e. The molecule has 5 heteroatoms. The van der Waals surface area contributed by atoms with Crippen LogP contribution in [0.5, 0.6) is 0 Å². The highest BCUT2D eigenvalue weighted by molar-refractivity contribution is 5.82. The van der Waals surface area contributed by atoms with Crippen molar-refractivity contribution in [2.45, 2.75) is 44.2 Å². The van der Waals surface area contributed by atoms with Crippen LogP contribution < -0.4 is 5.32 Å². The van der Waals surface area contributed by atoms with Crippen LogP contribution in [0.3, 0.4) is 0 Å². The molecule has 1 aliphatic heterocycles. The lowest BCUT2D eigenvalue weighted by Gasteiger charge is -2.36. The van der Waals surface area contributed by atoms with Crippen molar-refractivity contribution in [1.82, 2.24) is 10.2 Å². The normalized spacial score (nSPS) is 29.5. The molecule has 1 N–H and O–H groups in total. The van der Waals surface area contributed by atoms with Gasteiger partial charge in [0, 0.05) is 25.6 Å². The van der Waals surface area contributed by atoms with Crippen LogP contribution in [-0.2, 0) is 9.53 Å². The minimum absolute atomic E-state index is 0.106. The van der Waals surface area contributed by atoms with E-state index in [0.29, 0.717) is 25.7 Å². The maximum absolute atomic E-state index is 12.2. The Labute approximate surface area is 113 Å². The third kappa shape index (κ3) is 3.07. The Hall–Kier alpha value is -1.12. The molecule has 0 radical (unpaired) electrons. The molecule has 2 aliphatic carbocycles. The molecular formula is C14H21N3O2. The zero-order valence-electron chi connectivity index (χ0n) is 11.2. The fourth-order valence-electron chi connectivity index (χ4n) is 2.76. The van der Waals surface area contributed by atoms with Crippen molar-refractivity contribution >= 4 is 5.91 Å². The van der Waals surface area contributed by atoms with Crippen LogP contribution in [0.2, 0.25) is 0 Å². The lowest BCUT2D eigenvalue weighted by molar-refractivity contribution is -0.133. The fourth-order valence-corrected chi connectivity index (χ4v) is 2.76. The summed E-state index contributed by atoms with van der Waals surface area (Å²) in [5.41, 5.74) is 0.157. The van der Waals surface area contributed by atoms with Crippen molar-refractivity contribution < 1.29 is 9.53 Å². The Bertz CT molecular complexity index is 396. The zero-order chi connectivity index (χ0) is 13.3. The van der Waals surface area contributed by atoms with Gasteiger partial charge in [-0.1, -0.05) is 0 Å². The van der Waals surface area contributed by atoms with E-state index in [4.69, 9.17) is 10.00 Å². The van der Waals surface area contributed by atoms with Gasteiger partial charge in [0.1, 0.15) is 6.04 Å². The van der Waals surface area contributed by atoms with E-state index in [-0.39, 0.29) is 17.4 Å². The third-order valence-electron chi connectivity index (χ3n) is 4.42. The van der Waals surface area contributed by atoms with E-state index in [0.717, 1.165) is 38.8 Å². The summed E-state index contributed by atoms with van der Waals surface area (Å²) in [4.78, 5) is 14.5. The molecule has 3 fully saturated rings. The van der Waals surface area contributed by atoms with Gasteiger partial charge in [-0.25, -0.2) is 0 Å². The lowest BCUT2D eigenvalue weighted by atomic mass is 10.0. The van der Waals surface area contributed by atoms with E-state index in [9.17, 15) is 4.79 Å². The van der Waals surface area contributed by atoms with Gasteiger partial charge in [-0.05, 0) is 31.1 Å². The van der Waals surface area contributed by atoms with Crippen LogP contribution in [-0.4, -0.2) is 49.2 Å². The Morgan fingerprint density at radius 2 is 2.26 bits per heavy atom. The Balaban J connectivity index is 1.60. The number of rotatable bonds is 5. The van der Waals surface area contributed by atoms with Crippen molar-refractivity contribution in [3.05, 3.63) is 0 Å². The van der Waals surface area contributed by atoms with Gasteiger partial charge in [-0.15, -0.1) is 0 Å². The molecule has 3 rings (SSSR count). The first-order valence-corrected chi connectivity index (χ1v) is 7.22. The van der Waals surface area contributed by atoms with Crippen molar-refractivity contribution in [2.24, 2.45) is 5.41 Å². The Morgan fingerprint density at radius 3 is 2.89 bits per heavy atom. The molecule has 0 aromatic heterocycles. The molecule has 104 valence electrons. The highest BCUT2D eigenvalue weighted by Gasteiger charge is 2.46. The topological polar surface area (TPSA) is 65.4 Å². The average Bonchev–Trinajstić information content (AvgIpc) is 3.29. The zero-order valence-corrected chi connectivity index (χ0v) is 11.2. The van der Waals surface area contributed by atoms with E-state index >= 15 is 0 Å². The highest BCUT2D eigenvalue weighted by atomic mass is 16.5. The monoisotopic (exact) mass is 263 g/mol. The van der Waals surface area contributed by atoms with E-state index in [1.54, 1.807) is 0 Å². The molecule has 19 heavy (non-hydrogen) atoms. The maximum atomic E-state index is 12.2. The predicted octanol–water partition coefficient (Wildman–Crippen LogP) is 0.660. The van der Waals surface area contributed by atoms with Gasteiger partial charge in [0.2, 0.25) is 5.91 Å². The van der Waals surface area contributed by atoms with Gasteiger partial charge in [0.15, 0.2) is 0 Å². The number of hydrogen-bond donors (Lipinski definition) is 1. The van der Waals surface area contributed by atoms with Crippen LogP contribution in [0.25, 0.3) is 0 Å². The van der Waals surface area contributed by atoms with E-state index in [1.165, 1.54) is 0 Å². The molecular weight excluding hydrogens is 242 g/mol. The summed E-state index contributed by atoms with van der Waals surface area (Å²) in [7, 11) is 0. The highest BCUT2D eigenvalue weighted by Crippen LogP contribution is 2.49. The molecule has 0 aromatic rings. The van der Waals surface area contributed by atoms with Crippen molar-refractivity contribution in [1.29, 1.82) is 5.26 Å². The number of hydrogen-bond acceptors (Lipinski definition) is 4. The molecule has 0 bridgehead atoms. The summed E-state index contributed by atoms with van der Waals surface area (Å²) in [5, 5.41) is 12.0. The molecule has 1 amide bonds. The first kappa shape index (κ1) is 12.9. The molecule has 1 heterocycles. The van der Waals surface area contributed by atoms with Crippen molar-refractivity contribution in [3.8, 4) is 6.07 Å². The summed E-state index contributed by atoms with van der Waals surface area (Å²) in [6, 6.07) is 2.52. The first-order chi connectivity index (χ1) is 9.22. The standard InChI is InChI=1S/C14H21N3O2/c15-6-5-14(3-4-14)10-17-7-8-19-9-12(17)13(18)16-11-1-2-11/h11-12H,1-5,7-10H2,(H,16,18). The van der Waals surface area contributed by atoms with Crippen molar-refractivity contribution in [2.75, 3.05) is 26.3 Å². The van der Waals surface area contributed by atoms with Gasteiger partial charge in [-0.2, -0.15) is 5.26 Å². The van der Waals surface area contributed by atoms with E-state index < -0.39 is 0 Å². The first-order valence-electron chi connectivity index (χ1n) is 7.22. The van der Waals surface area contributed by atoms with Crippen LogP contribution in [0.4, 0.5) is 0 Å². The second-order valence-corrected chi connectivity index (χ2v) is 6.18. The van der Waals surface area contributed by atoms with Gasteiger partial charge in [0.05, 0.1) is 19.3 Å². The van der Waals surface area contributed by atoms with Gasteiger partial charge < -0.3 is 10.1 Å². The van der Waals surface area contributed by atoms with Crippen LogP contribution >= 0.6 is 0 Å². The number of carbonyl (C=O) groups excluding carboxylic acids is 1. The quantitative estimate of drug-likeness (QED) is 0.791. The molecule has 5 nitrogen and oxygen atoms in total. The lowest BCUT2D eigenvalue weighted by Crippen LogP contribution is -2.55. The SMILES string of the molecule is N#CCC1(CN2CCOCC2C(=O)NC2CC2)CC1. The second kappa shape index (κ2) is 5.10. The fraction of sp³-hybridized carbons (Fsp3) is 0.857. The summed E-state index contributed by atoms with van der Waals surface area (Å²) >= 11 is 0.